The number of rotatable bonds is 2. The van der Waals surface area contributed by atoms with Crippen LogP contribution in [0.4, 0.5) is 5.13 Å². The summed E-state index contributed by atoms with van der Waals surface area (Å²) in [5, 5.41) is 9.76. The van der Waals surface area contributed by atoms with Gasteiger partial charge >= 0.3 is 0 Å². The number of anilines is 1. The Kier molecular flexibility index (Phi) is 3.42. The van der Waals surface area contributed by atoms with Crippen molar-refractivity contribution in [1.29, 1.82) is 5.26 Å². The second kappa shape index (κ2) is 4.81. The van der Waals surface area contributed by atoms with Gasteiger partial charge in [-0.2, -0.15) is 5.26 Å². The third kappa shape index (κ3) is 2.34. The van der Waals surface area contributed by atoms with E-state index in [9.17, 15) is 0 Å². The normalized spacial score (nSPS) is 17.4. The molecule has 0 amide bonds. The molecule has 1 fully saturated rings. The van der Waals surface area contributed by atoms with Crippen molar-refractivity contribution in [2.45, 2.75) is 13.8 Å². The number of hydrogen-bond acceptors (Lipinski definition) is 5. The van der Waals surface area contributed by atoms with Crippen LogP contribution in [0.3, 0.4) is 0 Å². The summed E-state index contributed by atoms with van der Waals surface area (Å²) in [6.07, 6.45) is 0. The molecule has 16 heavy (non-hydrogen) atoms. The van der Waals surface area contributed by atoms with E-state index in [1.807, 2.05) is 0 Å². The maximum Gasteiger partial charge on any atom is 0.185 e. The Morgan fingerprint density at radius 2 is 2.00 bits per heavy atom. The third-order valence-electron chi connectivity index (χ3n) is 2.95. The first-order chi connectivity index (χ1) is 7.70. The molecule has 0 radical (unpaired) electrons. The van der Waals surface area contributed by atoms with E-state index in [4.69, 9.17) is 5.26 Å². The van der Waals surface area contributed by atoms with Crippen molar-refractivity contribution in [2.24, 2.45) is 0 Å². The minimum absolute atomic E-state index is 0.545. The van der Waals surface area contributed by atoms with Crippen LogP contribution in [0.5, 0.6) is 0 Å². The molecule has 2 heterocycles. The van der Waals surface area contributed by atoms with Crippen molar-refractivity contribution in [3.63, 3.8) is 0 Å². The highest BCUT2D eigenvalue weighted by Gasteiger charge is 2.19. The summed E-state index contributed by atoms with van der Waals surface area (Å²) in [5.41, 5.74) is 1.14. The smallest absolute Gasteiger partial charge is 0.185 e. The lowest BCUT2D eigenvalue weighted by molar-refractivity contribution is 0.287. The first-order valence-corrected chi connectivity index (χ1v) is 6.30. The predicted molar refractivity (Wildman–Crippen MR) is 65.9 cm³/mol. The van der Waals surface area contributed by atoms with E-state index in [1.54, 1.807) is 11.3 Å². The van der Waals surface area contributed by atoms with Crippen molar-refractivity contribution < 1.29 is 0 Å². The summed E-state index contributed by atoms with van der Waals surface area (Å²) < 4.78 is 0. The average molecular weight is 236 g/mol. The number of hydrogen-bond donors (Lipinski definition) is 0. The van der Waals surface area contributed by atoms with Crippen LogP contribution in [0.2, 0.25) is 0 Å². The van der Waals surface area contributed by atoms with Crippen LogP contribution < -0.4 is 4.90 Å². The molecule has 1 aromatic rings. The molecule has 5 heteroatoms. The molecule has 1 saturated heterocycles. The van der Waals surface area contributed by atoms with Crippen molar-refractivity contribution in [1.82, 2.24) is 9.88 Å². The van der Waals surface area contributed by atoms with Crippen molar-refractivity contribution in [2.75, 3.05) is 37.6 Å². The maximum atomic E-state index is 8.63. The number of thiazole rings is 1. The monoisotopic (exact) mass is 236 g/mol. The standard InChI is InChI=1S/C11H16N4S/c1-9-10(2)16-11(13-9)15-7-5-14(4-3-12)6-8-15/h4-8H2,1-2H3. The average Bonchev–Trinajstić information content (AvgIpc) is 2.61. The fraction of sp³-hybridized carbons (Fsp3) is 0.636. The molecular weight excluding hydrogens is 220 g/mol. The van der Waals surface area contributed by atoms with Gasteiger partial charge in [-0.05, 0) is 13.8 Å². The summed E-state index contributed by atoms with van der Waals surface area (Å²) in [4.78, 5) is 10.4. The Morgan fingerprint density at radius 1 is 1.31 bits per heavy atom. The lowest BCUT2D eigenvalue weighted by Crippen LogP contribution is -2.46. The number of nitrogens with zero attached hydrogens (tertiary/aromatic N) is 4. The van der Waals surface area contributed by atoms with Gasteiger partial charge in [-0.15, -0.1) is 11.3 Å². The highest BCUT2D eigenvalue weighted by Crippen LogP contribution is 2.25. The van der Waals surface area contributed by atoms with Gasteiger partial charge in [0.05, 0.1) is 18.3 Å². The quantitative estimate of drug-likeness (QED) is 0.728. The van der Waals surface area contributed by atoms with E-state index < -0.39 is 0 Å². The van der Waals surface area contributed by atoms with E-state index in [-0.39, 0.29) is 0 Å². The lowest BCUT2D eigenvalue weighted by Gasteiger charge is -2.33. The third-order valence-corrected chi connectivity index (χ3v) is 4.09. The SMILES string of the molecule is Cc1nc(N2CCN(CC#N)CC2)sc1C. The predicted octanol–water partition coefficient (Wildman–Crippen LogP) is 1.41. The van der Waals surface area contributed by atoms with Crippen LogP contribution in [0.15, 0.2) is 0 Å². The highest BCUT2D eigenvalue weighted by molar-refractivity contribution is 7.15. The summed E-state index contributed by atoms with van der Waals surface area (Å²) in [6, 6.07) is 2.20. The Hall–Kier alpha value is -1.12. The van der Waals surface area contributed by atoms with Gasteiger partial charge in [0, 0.05) is 31.1 Å². The lowest BCUT2D eigenvalue weighted by atomic mass is 10.3. The topological polar surface area (TPSA) is 43.2 Å². The number of aryl methyl sites for hydroxylation is 2. The molecule has 86 valence electrons. The molecule has 0 aliphatic carbocycles. The molecule has 0 unspecified atom stereocenters. The van der Waals surface area contributed by atoms with Gasteiger partial charge in [0.25, 0.3) is 0 Å². The van der Waals surface area contributed by atoms with Crippen LogP contribution in [-0.2, 0) is 0 Å². The van der Waals surface area contributed by atoms with E-state index in [1.165, 1.54) is 4.88 Å². The maximum absolute atomic E-state index is 8.63. The molecule has 0 N–H and O–H groups in total. The van der Waals surface area contributed by atoms with Gasteiger partial charge in [0.1, 0.15) is 0 Å². The van der Waals surface area contributed by atoms with Crippen LogP contribution in [0, 0.1) is 25.2 Å². The van der Waals surface area contributed by atoms with Gasteiger partial charge < -0.3 is 4.90 Å². The zero-order chi connectivity index (χ0) is 11.5. The molecule has 0 aromatic carbocycles. The molecule has 0 bridgehead atoms. The van der Waals surface area contributed by atoms with Crippen molar-refractivity contribution >= 4 is 16.5 Å². The molecule has 0 atom stereocenters. The summed E-state index contributed by atoms with van der Waals surface area (Å²) in [6.45, 7) is 8.60. The second-order valence-electron chi connectivity index (χ2n) is 4.06. The van der Waals surface area contributed by atoms with Crippen LogP contribution in [0.1, 0.15) is 10.6 Å². The minimum Gasteiger partial charge on any atom is -0.346 e. The summed E-state index contributed by atoms with van der Waals surface area (Å²) in [5.74, 6) is 0. The zero-order valence-electron chi connectivity index (χ0n) is 9.73. The first kappa shape index (κ1) is 11.4. The second-order valence-corrected chi connectivity index (χ2v) is 5.24. The van der Waals surface area contributed by atoms with E-state index in [0.717, 1.165) is 37.0 Å². The first-order valence-electron chi connectivity index (χ1n) is 5.49. The fourth-order valence-corrected chi connectivity index (χ4v) is 2.75. The van der Waals surface area contributed by atoms with Gasteiger partial charge in [-0.3, -0.25) is 4.90 Å². The van der Waals surface area contributed by atoms with E-state index in [0.29, 0.717) is 6.54 Å². The van der Waals surface area contributed by atoms with E-state index >= 15 is 0 Å². The molecule has 2 rings (SSSR count). The van der Waals surface area contributed by atoms with Crippen molar-refractivity contribution in [3.8, 4) is 6.07 Å². The largest absolute Gasteiger partial charge is 0.346 e. The Balaban J connectivity index is 1.96. The molecule has 1 aliphatic heterocycles. The number of piperazine rings is 1. The fourth-order valence-electron chi connectivity index (χ4n) is 1.79. The number of aromatic nitrogens is 1. The highest BCUT2D eigenvalue weighted by atomic mass is 32.1. The summed E-state index contributed by atoms with van der Waals surface area (Å²) >= 11 is 1.77. The van der Waals surface area contributed by atoms with Crippen LogP contribution in [-0.4, -0.2) is 42.6 Å². The van der Waals surface area contributed by atoms with Crippen LogP contribution >= 0.6 is 11.3 Å². The van der Waals surface area contributed by atoms with Gasteiger partial charge in [-0.25, -0.2) is 4.98 Å². The molecule has 0 saturated carbocycles. The molecule has 1 aliphatic rings. The molecular formula is C11H16N4S. The molecule has 4 nitrogen and oxygen atoms in total. The van der Waals surface area contributed by atoms with Crippen molar-refractivity contribution in [3.05, 3.63) is 10.6 Å². The molecule has 1 aromatic heterocycles. The van der Waals surface area contributed by atoms with E-state index in [2.05, 4.69) is 34.7 Å². The minimum atomic E-state index is 0.545. The van der Waals surface area contributed by atoms with Gasteiger partial charge in [0.15, 0.2) is 5.13 Å². The summed E-state index contributed by atoms with van der Waals surface area (Å²) in [7, 11) is 0. The van der Waals surface area contributed by atoms with Gasteiger partial charge in [-0.1, -0.05) is 0 Å². The number of nitriles is 1. The van der Waals surface area contributed by atoms with Crippen LogP contribution in [0.25, 0.3) is 0 Å². The Bertz CT molecular complexity index is 379. The van der Waals surface area contributed by atoms with Gasteiger partial charge in [0.2, 0.25) is 0 Å². The Morgan fingerprint density at radius 3 is 2.50 bits per heavy atom. The Labute approximate surface area is 100 Å². The molecule has 0 spiro atoms. The zero-order valence-corrected chi connectivity index (χ0v) is 10.5.